The molecule has 1 N–H and O–H groups in total. The molecule has 2 aromatic carbocycles. The standard InChI is InChI=1S/C19H22N2O4S/c1-2-21(13-16-9-5-3-6-10-16)19(23)15-26(24,25)14-18(22)20-17-11-7-4-8-12-17/h3-12H,2,13-15H2,1H3,(H,20,22). The number of anilines is 1. The highest BCUT2D eigenvalue weighted by atomic mass is 32.2. The molecule has 6 nitrogen and oxygen atoms in total. The number of hydrogen-bond donors (Lipinski definition) is 1. The molecule has 0 radical (unpaired) electrons. The van der Waals surface area contributed by atoms with Crippen LogP contribution in [0.3, 0.4) is 0 Å². The summed E-state index contributed by atoms with van der Waals surface area (Å²) in [6.07, 6.45) is 0. The fraction of sp³-hybridized carbons (Fsp3) is 0.263. The molecular weight excluding hydrogens is 352 g/mol. The second-order valence-electron chi connectivity index (χ2n) is 5.84. The molecule has 0 saturated heterocycles. The van der Waals surface area contributed by atoms with Gasteiger partial charge in [0.2, 0.25) is 11.8 Å². The van der Waals surface area contributed by atoms with Gasteiger partial charge >= 0.3 is 0 Å². The Morgan fingerprint density at radius 2 is 1.50 bits per heavy atom. The molecule has 2 rings (SSSR count). The van der Waals surface area contributed by atoms with Crippen LogP contribution in [0.15, 0.2) is 60.7 Å². The molecule has 0 fully saturated rings. The zero-order valence-electron chi connectivity index (χ0n) is 14.6. The molecule has 0 aliphatic carbocycles. The highest BCUT2D eigenvalue weighted by Crippen LogP contribution is 2.08. The molecule has 0 atom stereocenters. The van der Waals surface area contributed by atoms with Crippen molar-refractivity contribution in [3.05, 3.63) is 66.2 Å². The van der Waals surface area contributed by atoms with E-state index in [1.807, 2.05) is 30.3 Å². The lowest BCUT2D eigenvalue weighted by atomic mass is 10.2. The van der Waals surface area contributed by atoms with Crippen molar-refractivity contribution in [2.24, 2.45) is 0 Å². The van der Waals surface area contributed by atoms with Gasteiger partial charge in [-0.05, 0) is 24.6 Å². The number of carbonyl (C=O) groups is 2. The summed E-state index contributed by atoms with van der Waals surface area (Å²) in [4.78, 5) is 25.7. The quantitative estimate of drug-likeness (QED) is 0.767. The maximum absolute atomic E-state index is 12.3. The number of rotatable bonds is 8. The zero-order chi connectivity index (χ0) is 19.0. The van der Waals surface area contributed by atoms with Gasteiger partial charge in [-0.1, -0.05) is 48.5 Å². The Bertz CT molecular complexity index is 836. The molecule has 138 valence electrons. The molecular formula is C19H22N2O4S. The van der Waals surface area contributed by atoms with Gasteiger partial charge in [0.15, 0.2) is 9.84 Å². The molecule has 0 spiro atoms. The minimum Gasteiger partial charge on any atom is -0.338 e. The second-order valence-corrected chi connectivity index (χ2v) is 7.90. The van der Waals surface area contributed by atoms with Gasteiger partial charge in [0.1, 0.15) is 11.5 Å². The van der Waals surface area contributed by atoms with Gasteiger partial charge in [0.05, 0.1) is 0 Å². The van der Waals surface area contributed by atoms with Crippen LogP contribution in [0.5, 0.6) is 0 Å². The van der Waals surface area contributed by atoms with Crippen molar-refractivity contribution in [2.45, 2.75) is 13.5 Å². The van der Waals surface area contributed by atoms with Crippen molar-refractivity contribution in [1.82, 2.24) is 4.90 Å². The van der Waals surface area contributed by atoms with Crippen LogP contribution in [0.4, 0.5) is 5.69 Å². The van der Waals surface area contributed by atoms with Crippen LogP contribution in [0.2, 0.25) is 0 Å². The van der Waals surface area contributed by atoms with E-state index in [4.69, 9.17) is 0 Å². The van der Waals surface area contributed by atoms with Crippen LogP contribution >= 0.6 is 0 Å². The van der Waals surface area contributed by atoms with Gasteiger partial charge in [-0.25, -0.2) is 8.42 Å². The molecule has 0 aromatic heterocycles. The average Bonchev–Trinajstić information content (AvgIpc) is 2.60. The van der Waals surface area contributed by atoms with Gasteiger partial charge < -0.3 is 10.2 Å². The van der Waals surface area contributed by atoms with E-state index in [0.717, 1.165) is 5.56 Å². The summed E-state index contributed by atoms with van der Waals surface area (Å²) in [7, 11) is -3.85. The normalized spacial score (nSPS) is 11.0. The SMILES string of the molecule is CCN(Cc1ccccc1)C(=O)CS(=O)(=O)CC(=O)Nc1ccccc1. The Labute approximate surface area is 153 Å². The first-order chi connectivity index (χ1) is 12.4. The lowest BCUT2D eigenvalue weighted by Gasteiger charge is -2.21. The maximum Gasteiger partial charge on any atom is 0.239 e. The lowest BCUT2D eigenvalue weighted by molar-refractivity contribution is -0.128. The summed E-state index contributed by atoms with van der Waals surface area (Å²) in [5.41, 5.74) is 1.43. The third-order valence-corrected chi connectivity index (χ3v) is 5.09. The topological polar surface area (TPSA) is 83.6 Å². The fourth-order valence-electron chi connectivity index (χ4n) is 2.43. The van der Waals surface area contributed by atoms with Crippen molar-refractivity contribution in [2.75, 3.05) is 23.4 Å². The van der Waals surface area contributed by atoms with Crippen LogP contribution in [0.25, 0.3) is 0 Å². The molecule has 7 heteroatoms. The van der Waals surface area contributed by atoms with Gasteiger partial charge in [-0.3, -0.25) is 9.59 Å². The summed E-state index contributed by atoms with van der Waals surface area (Å²) >= 11 is 0. The third-order valence-electron chi connectivity index (χ3n) is 3.70. The van der Waals surface area contributed by atoms with Crippen molar-refractivity contribution in [1.29, 1.82) is 0 Å². The van der Waals surface area contributed by atoms with Crippen LogP contribution in [0.1, 0.15) is 12.5 Å². The number of benzene rings is 2. The molecule has 26 heavy (non-hydrogen) atoms. The van der Waals surface area contributed by atoms with Crippen molar-refractivity contribution >= 4 is 27.3 Å². The average molecular weight is 374 g/mol. The zero-order valence-corrected chi connectivity index (χ0v) is 15.4. The summed E-state index contributed by atoms with van der Waals surface area (Å²) < 4.78 is 24.4. The van der Waals surface area contributed by atoms with Crippen molar-refractivity contribution < 1.29 is 18.0 Å². The molecule has 2 aromatic rings. The minimum atomic E-state index is -3.85. The largest absolute Gasteiger partial charge is 0.338 e. The van der Waals surface area contributed by atoms with E-state index in [0.29, 0.717) is 18.8 Å². The van der Waals surface area contributed by atoms with Crippen LogP contribution in [0, 0.1) is 0 Å². The van der Waals surface area contributed by atoms with Gasteiger partial charge in [-0.2, -0.15) is 0 Å². The van der Waals surface area contributed by atoms with Gasteiger partial charge in [0.25, 0.3) is 0 Å². The van der Waals surface area contributed by atoms with Crippen LogP contribution in [-0.4, -0.2) is 43.2 Å². The Morgan fingerprint density at radius 3 is 2.08 bits per heavy atom. The summed E-state index contributed by atoms with van der Waals surface area (Å²) in [5, 5.41) is 2.51. The maximum atomic E-state index is 12.3. The van der Waals surface area contributed by atoms with Crippen LogP contribution < -0.4 is 5.32 Å². The smallest absolute Gasteiger partial charge is 0.239 e. The van der Waals surface area contributed by atoms with E-state index in [1.54, 1.807) is 37.3 Å². The predicted molar refractivity (Wildman–Crippen MR) is 101 cm³/mol. The molecule has 0 saturated carbocycles. The van der Waals surface area contributed by atoms with E-state index < -0.39 is 33.2 Å². The Kier molecular flexibility index (Phi) is 6.91. The highest BCUT2D eigenvalue weighted by Gasteiger charge is 2.24. The van der Waals surface area contributed by atoms with Gasteiger partial charge in [-0.15, -0.1) is 0 Å². The van der Waals surface area contributed by atoms with E-state index in [1.165, 1.54) is 4.90 Å². The van der Waals surface area contributed by atoms with Crippen molar-refractivity contribution in [3.8, 4) is 0 Å². The number of sulfone groups is 1. The van der Waals surface area contributed by atoms with Gasteiger partial charge in [0, 0.05) is 18.8 Å². The second kappa shape index (κ2) is 9.15. The van der Waals surface area contributed by atoms with E-state index in [-0.39, 0.29) is 0 Å². The van der Waals surface area contributed by atoms with Crippen LogP contribution in [-0.2, 0) is 26.0 Å². The van der Waals surface area contributed by atoms with E-state index in [2.05, 4.69) is 5.32 Å². The lowest BCUT2D eigenvalue weighted by Crippen LogP contribution is -2.37. The highest BCUT2D eigenvalue weighted by molar-refractivity contribution is 7.92. The minimum absolute atomic E-state index is 0.335. The predicted octanol–water partition coefficient (Wildman–Crippen LogP) is 2.09. The number of para-hydroxylation sites is 1. The first-order valence-electron chi connectivity index (χ1n) is 8.26. The van der Waals surface area contributed by atoms with E-state index in [9.17, 15) is 18.0 Å². The third kappa shape index (κ3) is 6.33. The molecule has 0 aliphatic rings. The van der Waals surface area contributed by atoms with Crippen molar-refractivity contribution in [3.63, 3.8) is 0 Å². The number of hydrogen-bond acceptors (Lipinski definition) is 4. The first kappa shape index (κ1) is 19.7. The number of amides is 2. The molecule has 0 unspecified atom stereocenters. The summed E-state index contributed by atoms with van der Waals surface area (Å²) in [6, 6.07) is 17.9. The number of nitrogens with one attached hydrogen (secondary N) is 1. The Morgan fingerprint density at radius 1 is 0.923 bits per heavy atom. The fourth-order valence-corrected chi connectivity index (χ4v) is 3.56. The number of carbonyl (C=O) groups excluding carboxylic acids is 2. The molecule has 0 heterocycles. The van der Waals surface area contributed by atoms with E-state index >= 15 is 0 Å². The first-order valence-corrected chi connectivity index (χ1v) is 10.1. The summed E-state index contributed by atoms with van der Waals surface area (Å²) in [5.74, 6) is -2.58. The number of nitrogens with zero attached hydrogens (tertiary/aromatic N) is 1. The molecule has 0 aliphatic heterocycles. The Balaban J connectivity index is 1.93. The Hall–Kier alpha value is -2.67. The molecule has 2 amide bonds. The monoisotopic (exact) mass is 374 g/mol. The molecule has 0 bridgehead atoms. The summed E-state index contributed by atoms with van der Waals surface area (Å²) in [6.45, 7) is 2.51.